The number of nitrogens with one attached hydrogen (secondary N) is 1. The molecular weight excluding hydrogens is 436 g/mol. The van der Waals surface area contributed by atoms with Crippen molar-refractivity contribution in [3.05, 3.63) is 96.6 Å². The molecule has 0 radical (unpaired) electrons. The molecular formula is C29H36N2O2Si. The molecule has 5 heteroatoms. The van der Waals surface area contributed by atoms with Crippen LogP contribution in [-0.2, 0) is 10.2 Å². The van der Waals surface area contributed by atoms with Gasteiger partial charge in [0.05, 0.1) is 0 Å². The number of carbonyl (C=O) groups is 1. The van der Waals surface area contributed by atoms with Gasteiger partial charge in [-0.2, -0.15) is 0 Å². The van der Waals surface area contributed by atoms with Gasteiger partial charge in [0.15, 0.2) is 0 Å². The summed E-state index contributed by atoms with van der Waals surface area (Å²) < 4.78 is 0. The molecule has 1 aliphatic rings. The number of rotatable bonds is 10. The lowest BCUT2D eigenvalue weighted by Gasteiger charge is -2.41. The first-order valence-electron chi connectivity index (χ1n) is 12.2. The Hall–Kier alpha value is -2.73. The molecule has 0 aliphatic heterocycles. The SMILES string of the molecule is CC(C)(CCC1CC1(CCC(=O)NN)c1ccccc1)[Si](O)(c1ccccc1)c1ccccc1. The molecule has 4 nitrogen and oxygen atoms in total. The lowest BCUT2D eigenvalue weighted by molar-refractivity contribution is -0.121. The van der Waals surface area contributed by atoms with E-state index in [2.05, 4.69) is 67.8 Å². The van der Waals surface area contributed by atoms with Crippen molar-refractivity contribution in [3.8, 4) is 0 Å². The second-order valence-corrected chi connectivity index (χ2v) is 14.3. The third-order valence-electron chi connectivity index (χ3n) is 8.02. The third-order valence-corrected chi connectivity index (χ3v) is 12.6. The van der Waals surface area contributed by atoms with Crippen LogP contribution in [-0.4, -0.2) is 19.0 Å². The highest BCUT2D eigenvalue weighted by atomic mass is 28.4. The minimum Gasteiger partial charge on any atom is -0.424 e. The highest BCUT2D eigenvalue weighted by Gasteiger charge is 2.56. The van der Waals surface area contributed by atoms with Crippen LogP contribution in [0.3, 0.4) is 0 Å². The zero-order valence-electron chi connectivity index (χ0n) is 20.2. The van der Waals surface area contributed by atoms with Crippen molar-refractivity contribution in [2.75, 3.05) is 0 Å². The van der Waals surface area contributed by atoms with Crippen molar-refractivity contribution in [3.63, 3.8) is 0 Å². The first-order valence-corrected chi connectivity index (χ1v) is 14.2. The maximum atomic E-state index is 12.4. The maximum absolute atomic E-state index is 12.4. The first-order chi connectivity index (χ1) is 16.3. The van der Waals surface area contributed by atoms with Crippen LogP contribution in [0.4, 0.5) is 0 Å². The van der Waals surface area contributed by atoms with Gasteiger partial charge in [-0.15, -0.1) is 0 Å². The van der Waals surface area contributed by atoms with Gasteiger partial charge in [-0.3, -0.25) is 10.2 Å². The van der Waals surface area contributed by atoms with Gasteiger partial charge in [0, 0.05) is 6.42 Å². The normalized spacial score (nSPS) is 20.1. The second-order valence-electron chi connectivity index (χ2n) is 10.4. The minimum atomic E-state index is -3.02. The summed E-state index contributed by atoms with van der Waals surface area (Å²) in [6, 6.07) is 31.0. The summed E-state index contributed by atoms with van der Waals surface area (Å²) >= 11 is 0. The largest absolute Gasteiger partial charge is 0.424 e. The highest BCUT2D eigenvalue weighted by molar-refractivity contribution is 6.98. The molecule has 2 unspecified atom stereocenters. The Balaban J connectivity index is 1.58. The van der Waals surface area contributed by atoms with Crippen molar-refractivity contribution in [1.82, 2.24) is 5.43 Å². The Kier molecular flexibility index (Phi) is 7.08. The monoisotopic (exact) mass is 472 g/mol. The lowest BCUT2D eigenvalue weighted by Crippen LogP contribution is -2.65. The van der Waals surface area contributed by atoms with Crippen LogP contribution in [0.2, 0.25) is 5.04 Å². The average Bonchev–Trinajstić information content (AvgIpc) is 3.61. The summed E-state index contributed by atoms with van der Waals surface area (Å²) in [5.41, 5.74) is 3.60. The Labute approximate surface area is 204 Å². The van der Waals surface area contributed by atoms with E-state index in [1.165, 1.54) is 5.56 Å². The molecule has 3 aromatic rings. The lowest BCUT2D eigenvalue weighted by atomic mass is 9.86. The summed E-state index contributed by atoms with van der Waals surface area (Å²) in [7, 11) is -3.02. The Bertz CT molecular complexity index is 1050. The smallest absolute Gasteiger partial charge is 0.258 e. The molecule has 0 saturated heterocycles. The second kappa shape index (κ2) is 9.86. The minimum absolute atomic E-state index is 0.0169. The third kappa shape index (κ3) is 4.60. The Morgan fingerprint density at radius 2 is 1.47 bits per heavy atom. The van der Waals surface area contributed by atoms with Crippen molar-refractivity contribution in [1.29, 1.82) is 0 Å². The standard InChI is InChI=1S/C29H36N2O2Si/c1-28(2,34(33,25-14-8-4-9-15-25)26-16-10-5-11-17-26)20-18-24-22-29(24,21-19-27(32)31-30)23-12-6-3-7-13-23/h3-17,24,33H,18-22,30H2,1-2H3,(H,31,32). The molecule has 0 bridgehead atoms. The van der Waals surface area contributed by atoms with Crippen molar-refractivity contribution >= 4 is 24.6 Å². The van der Waals surface area contributed by atoms with Crippen LogP contribution in [0.25, 0.3) is 0 Å². The quantitative estimate of drug-likeness (QED) is 0.181. The molecule has 0 heterocycles. The fourth-order valence-corrected chi connectivity index (χ4v) is 9.52. The predicted molar refractivity (Wildman–Crippen MR) is 141 cm³/mol. The predicted octanol–water partition coefficient (Wildman–Crippen LogP) is 4.03. The number of hydrogen-bond donors (Lipinski definition) is 3. The molecule has 1 saturated carbocycles. The zero-order valence-corrected chi connectivity index (χ0v) is 21.2. The van der Waals surface area contributed by atoms with Gasteiger partial charge in [0.25, 0.3) is 8.32 Å². The summed E-state index contributed by atoms with van der Waals surface area (Å²) in [5.74, 6) is 5.72. The number of carbonyl (C=O) groups excluding carboxylic acids is 1. The van der Waals surface area contributed by atoms with E-state index < -0.39 is 8.32 Å². The summed E-state index contributed by atoms with van der Waals surface area (Å²) in [6.07, 6.45) is 4.23. The Morgan fingerprint density at radius 3 is 1.97 bits per heavy atom. The van der Waals surface area contributed by atoms with E-state index in [9.17, 15) is 9.59 Å². The van der Waals surface area contributed by atoms with Gasteiger partial charge in [-0.1, -0.05) is 105 Å². The molecule has 34 heavy (non-hydrogen) atoms. The van der Waals surface area contributed by atoms with E-state index in [1.54, 1.807) is 0 Å². The molecule has 1 fully saturated rings. The summed E-state index contributed by atoms with van der Waals surface area (Å²) in [5, 5.41) is 1.84. The molecule has 0 aromatic heterocycles. The van der Waals surface area contributed by atoms with Crippen molar-refractivity contribution in [2.24, 2.45) is 11.8 Å². The summed E-state index contributed by atoms with van der Waals surface area (Å²) in [6.45, 7) is 4.46. The van der Waals surface area contributed by atoms with Crippen molar-refractivity contribution in [2.45, 2.75) is 56.4 Å². The zero-order chi connectivity index (χ0) is 24.2. The van der Waals surface area contributed by atoms with E-state index in [1.807, 2.05) is 42.5 Å². The molecule has 1 aliphatic carbocycles. The fraction of sp³-hybridized carbons (Fsp3) is 0.345. The fourth-order valence-electron chi connectivity index (χ4n) is 5.76. The highest BCUT2D eigenvalue weighted by Crippen LogP contribution is 2.60. The van der Waals surface area contributed by atoms with Crippen LogP contribution >= 0.6 is 0 Å². The number of hydrazine groups is 1. The number of benzene rings is 3. The van der Waals surface area contributed by atoms with E-state index >= 15 is 0 Å². The first kappa shape index (κ1) is 24.4. The van der Waals surface area contributed by atoms with Crippen LogP contribution in [0, 0.1) is 5.92 Å². The molecule has 178 valence electrons. The van der Waals surface area contributed by atoms with E-state index in [0.717, 1.165) is 36.1 Å². The molecule has 4 N–H and O–H groups in total. The van der Waals surface area contributed by atoms with Gasteiger partial charge < -0.3 is 4.80 Å². The molecule has 1 amide bonds. The van der Waals surface area contributed by atoms with Crippen LogP contribution in [0.15, 0.2) is 91.0 Å². The Morgan fingerprint density at radius 1 is 0.971 bits per heavy atom. The van der Waals surface area contributed by atoms with Crippen LogP contribution < -0.4 is 21.6 Å². The number of hydrogen-bond acceptors (Lipinski definition) is 3. The van der Waals surface area contributed by atoms with Gasteiger partial charge in [-0.25, -0.2) is 5.84 Å². The molecule has 2 atom stereocenters. The summed E-state index contributed by atoms with van der Waals surface area (Å²) in [4.78, 5) is 24.4. The molecule has 3 aromatic carbocycles. The average molecular weight is 473 g/mol. The van der Waals surface area contributed by atoms with Gasteiger partial charge in [0.1, 0.15) is 0 Å². The molecule has 0 spiro atoms. The number of nitrogens with two attached hydrogens (primary N) is 1. The topological polar surface area (TPSA) is 75.4 Å². The van der Waals surface area contributed by atoms with E-state index in [-0.39, 0.29) is 16.4 Å². The van der Waals surface area contributed by atoms with Gasteiger partial charge in [0.2, 0.25) is 5.91 Å². The van der Waals surface area contributed by atoms with Gasteiger partial charge in [-0.05, 0) is 58.0 Å². The van der Waals surface area contributed by atoms with Crippen LogP contribution in [0.1, 0.15) is 51.5 Å². The van der Waals surface area contributed by atoms with E-state index in [0.29, 0.717) is 12.3 Å². The van der Waals surface area contributed by atoms with E-state index in [4.69, 9.17) is 5.84 Å². The molecule has 4 rings (SSSR count). The van der Waals surface area contributed by atoms with Crippen molar-refractivity contribution < 1.29 is 9.59 Å². The van der Waals surface area contributed by atoms with Gasteiger partial charge >= 0.3 is 0 Å². The maximum Gasteiger partial charge on any atom is 0.258 e. The van der Waals surface area contributed by atoms with Crippen LogP contribution in [0.5, 0.6) is 0 Å². The number of amides is 1.